The number of ether oxygens (including phenoxy) is 1. The second-order valence-corrected chi connectivity index (χ2v) is 12.5. The summed E-state index contributed by atoms with van der Waals surface area (Å²) in [6, 6.07) is 14.5. The predicted molar refractivity (Wildman–Crippen MR) is 167 cm³/mol. The average molecular weight is 677 g/mol. The second-order valence-electron chi connectivity index (χ2n) is 10.2. The van der Waals surface area contributed by atoms with E-state index in [0.717, 1.165) is 12.8 Å². The Morgan fingerprint density at radius 3 is 2.49 bits per heavy atom. The Balaban J connectivity index is 0.000000854. The van der Waals surface area contributed by atoms with Gasteiger partial charge in [-0.1, -0.05) is 29.0 Å². The van der Waals surface area contributed by atoms with Crippen molar-refractivity contribution in [1.82, 2.24) is 9.97 Å². The lowest BCUT2D eigenvalue weighted by Gasteiger charge is -2.20. The number of benzene rings is 2. The summed E-state index contributed by atoms with van der Waals surface area (Å²) < 4.78 is 52.0. The quantitative estimate of drug-likeness (QED) is 0.163. The third-order valence-corrected chi connectivity index (χ3v) is 7.46. The number of hydrogen-bond donors (Lipinski definition) is 4. The third-order valence-electron chi connectivity index (χ3n) is 6.19. The molecule has 0 spiro atoms. The number of fused-ring (bicyclic) bond motifs is 1. The summed E-state index contributed by atoms with van der Waals surface area (Å²) in [5, 5.41) is 15.2. The van der Waals surface area contributed by atoms with Crippen molar-refractivity contribution in [2.45, 2.75) is 32.3 Å². The van der Waals surface area contributed by atoms with Crippen molar-refractivity contribution >= 4 is 77.8 Å². The molecule has 5 rings (SSSR count). The number of rotatable bonds is 8. The summed E-state index contributed by atoms with van der Waals surface area (Å²) in [7, 11) is -2.90. The highest BCUT2D eigenvalue weighted by Gasteiger charge is 2.30. The first-order chi connectivity index (χ1) is 21.0. The van der Waals surface area contributed by atoms with E-state index in [9.17, 15) is 19.2 Å². The number of nitrogens with zero attached hydrogens (tertiary/aromatic N) is 4. The van der Waals surface area contributed by atoms with Crippen LogP contribution in [0, 0.1) is 23.1 Å². The van der Waals surface area contributed by atoms with Crippen molar-refractivity contribution in [2.75, 3.05) is 22.6 Å². The molecule has 1 saturated carbocycles. The summed E-state index contributed by atoms with van der Waals surface area (Å²) >= 11 is 7.68. The van der Waals surface area contributed by atoms with E-state index in [1.807, 2.05) is 6.07 Å². The molecule has 0 unspecified atom stereocenters. The van der Waals surface area contributed by atoms with Crippen LogP contribution in [0.25, 0.3) is 10.3 Å². The van der Waals surface area contributed by atoms with E-state index in [2.05, 4.69) is 20.6 Å². The largest absolute Gasteiger partial charge is 0.471 e. The van der Waals surface area contributed by atoms with Gasteiger partial charge in [0.15, 0.2) is 10.7 Å². The lowest BCUT2D eigenvalue weighted by atomic mass is 10.1. The zero-order chi connectivity index (χ0) is 33.1. The van der Waals surface area contributed by atoms with Crippen LogP contribution in [0.3, 0.4) is 0 Å². The normalized spacial score (nSPS) is 12.8. The van der Waals surface area contributed by atoms with Crippen LogP contribution in [0.4, 0.5) is 26.7 Å². The number of anilines is 4. The highest BCUT2D eigenvalue weighted by molar-refractivity contribution is 7.79. The Labute approximate surface area is 266 Å². The molecule has 236 valence electrons. The number of pyridine rings is 1. The van der Waals surface area contributed by atoms with Gasteiger partial charge in [0.1, 0.15) is 33.8 Å². The Bertz CT molecular complexity index is 1920. The third kappa shape index (κ3) is 9.06. The minimum atomic E-state index is -4.67. The van der Waals surface area contributed by atoms with Gasteiger partial charge in [-0.15, -0.1) is 0 Å². The van der Waals surface area contributed by atoms with E-state index < -0.39 is 27.7 Å². The zero-order valence-electron chi connectivity index (χ0n) is 23.9. The average Bonchev–Trinajstić information content (AvgIpc) is 3.74. The summed E-state index contributed by atoms with van der Waals surface area (Å²) in [4.78, 5) is 36.6. The van der Waals surface area contributed by atoms with Crippen molar-refractivity contribution in [1.29, 1.82) is 5.26 Å². The van der Waals surface area contributed by atoms with Gasteiger partial charge in [0.2, 0.25) is 5.91 Å². The fraction of sp³-hybridized carbons (Fsp3) is 0.250. The molecule has 1 fully saturated rings. The number of nitriles is 1. The SMILES string of the molecule is CN(c1ccc(F)c(NC(=O)c2cccc(OC(C)(C)C#N)c2Cl)c1)c1ccc2nc(NC(=O)C3CC3)sc2n1.O=S(=O)(O)O. The maximum Gasteiger partial charge on any atom is 0.394 e. The first kappa shape index (κ1) is 33.5. The molecule has 0 radical (unpaired) electrons. The van der Waals surface area contributed by atoms with E-state index in [1.54, 1.807) is 56.1 Å². The van der Waals surface area contributed by atoms with Gasteiger partial charge in [-0.25, -0.2) is 14.4 Å². The highest BCUT2D eigenvalue weighted by atomic mass is 35.5. The molecular weight excluding hydrogens is 651 g/mol. The van der Waals surface area contributed by atoms with Gasteiger partial charge >= 0.3 is 10.4 Å². The van der Waals surface area contributed by atoms with E-state index >= 15 is 0 Å². The van der Waals surface area contributed by atoms with Crippen LogP contribution in [-0.4, -0.2) is 52.0 Å². The van der Waals surface area contributed by atoms with Gasteiger partial charge in [-0.3, -0.25) is 18.7 Å². The molecule has 4 N–H and O–H groups in total. The van der Waals surface area contributed by atoms with Gasteiger partial charge in [-0.05, 0) is 69.2 Å². The molecule has 1 aliphatic carbocycles. The molecule has 17 heteroatoms. The maximum atomic E-state index is 14.8. The first-order valence-electron chi connectivity index (χ1n) is 13.1. The molecule has 4 aromatic rings. The molecule has 13 nitrogen and oxygen atoms in total. The summed E-state index contributed by atoms with van der Waals surface area (Å²) in [5.41, 5.74) is 0.0633. The maximum absolute atomic E-state index is 14.8. The van der Waals surface area contributed by atoms with E-state index in [4.69, 9.17) is 33.9 Å². The second kappa shape index (κ2) is 13.3. The fourth-order valence-corrected chi connectivity index (χ4v) is 4.89. The molecule has 2 aromatic carbocycles. The van der Waals surface area contributed by atoms with Crippen LogP contribution in [0.1, 0.15) is 37.0 Å². The highest BCUT2D eigenvalue weighted by Crippen LogP contribution is 2.35. The topological polar surface area (TPSA) is 195 Å². The molecule has 0 saturated heterocycles. The minimum Gasteiger partial charge on any atom is -0.471 e. The van der Waals surface area contributed by atoms with Crippen LogP contribution in [-0.2, 0) is 15.2 Å². The molecule has 0 atom stereocenters. The minimum absolute atomic E-state index is 0.00626. The molecule has 2 heterocycles. The number of nitrogens with one attached hydrogen (secondary N) is 2. The number of thiazole rings is 1. The number of aromatic nitrogens is 2. The summed E-state index contributed by atoms with van der Waals surface area (Å²) in [6.45, 7) is 3.14. The molecule has 2 amide bonds. The molecular formula is C28H26ClFN6O7S2. The van der Waals surface area contributed by atoms with Crippen LogP contribution in [0.15, 0.2) is 48.5 Å². The van der Waals surface area contributed by atoms with E-state index in [1.165, 1.54) is 29.5 Å². The van der Waals surface area contributed by atoms with Crippen molar-refractivity contribution in [2.24, 2.45) is 5.92 Å². The first-order valence-corrected chi connectivity index (χ1v) is 15.7. The van der Waals surface area contributed by atoms with Gasteiger partial charge in [0.25, 0.3) is 5.91 Å². The molecule has 0 aliphatic heterocycles. The number of halogens is 2. The fourth-order valence-electron chi connectivity index (χ4n) is 3.80. The summed E-state index contributed by atoms with van der Waals surface area (Å²) in [6.07, 6.45) is 1.80. The Kier molecular flexibility index (Phi) is 9.90. The standard InChI is InChI=1S/C28H24ClFN6O3S.H2O4S/c1-28(2,14-31)39-21-6-4-5-17(23(21)29)25(38)32-20-13-16(9-10-18(20)30)36(3)22-12-11-19-26(34-22)40-27(33-19)35-24(37)15-7-8-15;1-5(2,3)4/h4-6,9-13,15H,7-8H2,1-3H3,(H,32,38)(H,33,35,37);(H2,1,2,3,4). The number of hydrogen-bond acceptors (Lipinski definition) is 10. The molecule has 0 bridgehead atoms. The van der Waals surface area contributed by atoms with Crippen molar-refractivity contribution in [3.63, 3.8) is 0 Å². The Hall–Kier alpha value is -4.40. The zero-order valence-corrected chi connectivity index (χ0v) is 26.3. The van der Waals surface area contributed by atoms with Crippen LogP contribution >= 0.6 is 22.9 Å². The Morgan fingerprint density at radius 2 is 1.84 bits per heavy atom. The van der Waals surface area contributed by atoms with Crippen LogP contribution in [0.5, 0.6) is 5.75 Å². The molecule has 2 aromatic heterocycles. The van der Waals surface area contributed by atoms with Gasteiger partial charge in [0, 0.05) is 18.7 Å². The number of amides is 2. The van der Waals surface area contributed by atoms with Gasteiger partial charge in [0.05, 0.1) is 16.3 Å². The van der Waals surface area contributed by atoms with E-state index in [-0.39, 0.29) is 33.8 Å². The van der Waals surface area contributed by atoms with Crippen molar-refractivity contribution < 1.29 is 36.2 Å². The van der Waals surface area contributed by atoms with Crippen LogP contribution < -0.4 is 20.3 Å². The lowest BCUT2D eigenvalue weighted by molar-refractivity contribution is -0.117. The van der Waals surface area contributed by atoms with Crippen LogP contribution in [0.2, 0.25) is 5.02 Å². The van der Waals surface area contributed by atoms with E-state index in [0.29, 0.717) is 27.0 Å². The predicted octanol–water partition coefficient (Wildman–Crippen LogP) is 5.88. The monoisotopic (exact) mass is 676 g/mol. The smallest absolute Gasteiger partial charge is 0.394 e. The van der Waals surface area contributed by atoms with Crippen molar-refractivity contribution in [3.05, 3.63) is 64.9 Å². The molecule has 1 aliphatic rings. The molecule has 45 heavy (non-hydrogen) atoms. The van der Waals surface area contributed by atoms with Gasteiger partial charge < -0.3 is 20.3 Å². The van der Waals surface area contributed by atoms with Gasteiger partial charge in [-0.2, -0.15) is 13.7 Å². The number of carbonyl (C=O) groups excluding carboxylic acids is 2. The number of carbonyl (C=O) groups is 2. The lowest BCUT2D eigenvalue weighted by Crippen LogP contribution is -2.26. The van der Waals surface area contributed by atoms with Crippen molar-refractivity contribution in [3.8, 4) is 11.8 Å². The Morgan fingerprint density at radius 1 is 1.16 bits per heavy atom. The summed E-state index contributed by atoms with van der Waals surface area (Å²) in [5.74, 6) is -0.513.